The van der Waals surface area contributed by atoms with Crippen molar-refractivity contribution in [2.24, 2.45) is 0 Å². The van der Waals surface area contributed by atoms with Gasteiger partial charge in [0.05, 0.1) is 0 Å². The topological polar surface area (TPSA) is 98.9 Å². The van der Waals surface area contributed by atoms with Crippen LogP contribution >= 0.6 is 0 Å². The van der Waals surface area contributed by atoms with Gasteiger partial charge in [0.25, 0.3) is 0 Å². The van der Waals surface area contributed by atoms with Gasteiger partial charge in [-0.3, -0.25) is 0 Å². The summed E-state index contributed by atoms with van der Waals surface area (Å²) in [5.41, 5.74) is 2.19. The fourth-order valence-corrected chi connectivity index (χ4v) is 2.70. The number of aromatic nitrogens is 1. The van der Waals surface area contributed by atoms with Gasteiger partial charge in [0.2, 0.25) is 0 Å². The predicted molar refractivity (Wildman–Crippen MR) is 107 cm³/mol. The average Bonchev–Trinajstić information content (AvgIpc) is 3.04. The summed E-state index contributed by atoms with van der Waals surface area (Å²) in [7, 11) is 3.91. The number of ether oxygens (including phenoxy) is 4. The Morgan fingerprint density at radius 2 is 1.82 bits per heavy atom. The second kappa shape index (κ2) is 10.4. The zero-order valence-electron chi connectivity index (χ0n) is 16.4. The number of benzene rings is 1. The van der Waals surface area contributed by atoms with E-state index in [1.54, 1.807) is 32.0 Å². The van der Waals surface area contributed by atoms with Crippen LogP contribution in [0.15, 0.2) is 24.4 Å². The Morgan fingerprint density at radius 3 is 2.50 bits per heavy atom. The third-order valence-corrected chi connectivity index (χ3v) is 3.91. The first-order chi connectivity index (χ1) is 13.5. The summed E-state index contributed by atoms with van der Waals surface area (Å²) in [6, 6.07) is 4.74. The predicted octanol–water partition coefficient (Wildman–Crippen LogP) is 2.43. The molecule has 2 N–H and O–H groups in total. The molecule has 150 valence electrons. The summed E-state index contributed by atoms with van der Waals surface area (Å²) in [5, 5.41) is 3.61. The van der Waals surface area contributed by atoms with Crippen molar-refractivity contribution in [2.75, 3.05) is 19.8 Å². The van der Waals surface area contributed by atoms with E-state index < -0.39 is 18.3 Å². The molecule has 1 atom stereocenters. The van der Waals surface area contributed by atoms with Crippen LogP contribution in [0.4, 0.5) is 9.59 Å². The molecule has 2 aromatic rings. The summed E-state index contributed by atoms with van der Waals surface area (Å²) in [5.74, 6) is 0.366. The Hall–Kier alpha value is -2.97. The number of aromatic amines is 1. The van der Waals surface area contributed by atoms with Crippen LogP contribution in [0.1, 0.15) is 26.3 Å². The molecule has 1 heterocycles. The van der Waals surface area contributed by atoms with E-state index in [0.717, 1.165) is 16.5 Å². The number of carbonyl (C=O) groups excluding carboxylic acids is 2. The van der Waals surface area contributed by atoms with Gasteiger partial charge in [0.1, 0.15) is 0 Å². The zero-order valence-corrected chi connectivity index (χ0v) is 16.4. The van der Waals surface area contributed by atoms with Crippen molar-refractivity contribution in [3.05, 3.63) is 30.0 Å². The minimum atomic E-state index is -0.759. The molecule has 1 unspecified atom stereocenters. The first-order valence-corrected chi connectivity index (χ1v) is 9.17. The summed E-state index contributed by atoms with van der Waals surface area (Å²) in [6.07, 6.45) is 0.948. The molecule has 0 radical (unpaired) electrons. The van der Waals surface area contributed by atoms with Crippen molar-refractivity contribution in [3.63, 3.8) is 0 Å². The summed E-state index contributed by atoms with van der Waals surface area (Å²) in [4.78, 5) is 26.6. The molecule has 0 aliphatic heterocycles. The van der Waals surface area contributed by atoms with Crippen LogP contribution in [0.25, 0.3) is 10.9 Å². The van der Waals surface area contributed by atoms with Gasteiger partial charge in [-0.25, -0.2) is 0 Å². The summed E-state index contributed by atoms with van der Waals surface area (Å²) in [6.45, 7) is 6.22. The fourth-order valence-electron chi connectivity index (χ4n) is 2.70. The standard InChI is InChI=1S/C19H25BN2O6/c1-4-25-17(20)16(22-18(23)26-5-2)9-12-11-21-15-8-7-13(10-14(12)15)28-19(24)27-6-3/h7-8,10-11,16,20-21H,4-6,9H2,1-3H3,(H,22,23). The number of rotatable bonds is 9. The van der Waals surface area contributed by atoms with Crippen molar-refractivity contribution in [3.8, 4) is 5.75 Å². The Balaban J connectivity index is 2.23. The SMILES string of the molecule is B=C(OCC)C(Cc1c[nH]c2ccc(OC(=O)OCC)cc12)NC(=O)OCC. The van der Waals surface area contributed by atoms with E-state index in [4.69, 9.17) is 18.9 Å². The number of carbonyl (C=O) groups is 2. The summed E-state index contributed by atoms with van der Waals surface area (Å²) >= 11 is 0. The minimum absolute atomic E-state index is 0.233. The van der Waals surface area contributed by atoms with Crippen LogP contribution in [-0.4, -0.2) is 56.2 Å². The van der Waals surface area contributed by atoms with Crippen molar-refractivity contribution < 1.29 is 28.5 Å². The Kier molecular flexibility index (Phi) is 7.92. The Morgan fingerprint density at radius 1 is 1.11 bits per heavy atom. The van der Waals surface area contributed by atoms with Gasteiger partial charge in [-0.15, -0.1) is 0 Å². The van der Waals surface area contributed by atoms with Gasteiger partial charge in [-0.2, -0.15) is 0 Å². The van der Waals surface area contributed by atoms with Crippen LogP contribution in [0.3, 0.4) is 0 Å². The third kappa shape index (κ3) is 5.77. The molecule has 0 aliphatic rings. The van der Waals surface area contributed by atoms with Gasteiger partial charge in [-0.1, -0.05) is 0 Å². The molecule has 0 aliphatic carbocycles. The first-order valence-electron chi connectivity index (χ1n) is 9.17. The number of alkyl carbamates (subject to hydrolysis) is 1. The van der Waals surface area contributed by atoms with E-state index in [2.05, 4.69) is 17.8 Å². The van der Waals surface area contributed by atoms with E-state index in [-0.39, 0.29) is 13.2 Å². The van der Waals surface area contributed by atoms with Crippen molar-refractivity contribution in [1.29, 1.82) is 0 Å². The van der Waals surface area contributed by atoms with Crippen LogP contribution in [0.5, 0.6) is 5.75 Å². The van der Waals surface area contributed by atoms with Crippen LogP contribution in [-0.2, 0) is 20.6 Å². The number of amides is 1. The Bertz CT molecular complexity index is 835. The molecule has 1 amide bonds. The number of fused-ring (bicyclic) bond motifs is 1. The Labute approximate surface area is 164 Å². The maximum atomic E-state index is 11.9. The molecular formula is C19H25BN2O6. The van der Waals surface area contributed by atoms with Gasteiger partial charge in [-0.05, 0) is 0 Å². The van der Waals surface area contributed by atoms with Crippen molar-refractivity contribution in [1.82, 2.24) is 10.3 Å². The molecule has 0 saturated heterocycles. The molecule has 8 nitrogen and oxygen atoms in total. The second-order valence-electron chi connectivity index (χ2n) is 5.83. The van der Waals surface area contributed by atoms with Crippen molar-refractivity contribution in [2.45, 2.75) is 33.2 Å². The quantitative estimate of drug-likeness (QED) is 0.389. The van der Waals surface area contributed by atoms with E-state index in [1.807, 2.05) is 13.1 Å². The molecule has 1 aromatic carbocycles. The van der Waals surface area contributed by atoms with Crippen molar-refractivity contribution >= 4 is 36.3 Å². The summed E-state index contributed by atoms with van der Waals surface area (Å²) < 4.78 is 20.4. The average molecular weight is 388 g/mol. The van der Waals surface area contributed by atoms with Crippen LogP contribution in [0, 0.1) is 0 Å². The normalized spacial score (nSPS) is 11.5. The molecule has 28 heavy (non-hydrogen) atoms. The maximum absolute atomic E-state index is 11.9. The molecule has 0 fully saturated rings. The molecule has 0 bridgehead atoms. The second-order valence-corrected chi connectivity index (χ2v) is 5.83. The third-order valence-electron chi connectivity index (χ3n) is 3.91. The zero-order chi connectivity index (χ0) is 20.5. The molecule has 1 aromatic heterocycles. The van der Waals surface area contributed by atoms with E-state index in [9.17, 15) is 9.59 Å². The monoisotopic (exact) mass is 388 g/mol. The number of nitrogens with one attached hydrogen (secondary N) is 2. The first kappa shape index (κ1) is 21.3. The van der Waals surface area contributed by atoms with E-state index >= 15 is 0 Å². The van der Waals surface area contributed by atoms with Crippen LogP contribution in [0.2, 0.25) is 0 Å². The van der Waals surface area contributed by atoms with Crippen LogP contribution < -0.4 is 10.1 Å². The number of hydrogen-bond donors (Lipinski definition) is 2. The van der Waals surface area contributed by atoms with Gasteiger partial charge < -0.3 is 0 Å². The molecule has 9 heteroatoms. The number of H-pyrrole nitrogens is 1. The molecular weight excluding hydrogens is 363 g/mol. The van der Waals surface area contributed by atoms with E-state index in [1.165, 1.54) is 0 Å². The molecule has 0 saturated carbocycles. The van der Waals surface area contributed by atoms with E-state index in [0.29, 0.717) is 24.4 Å². The number of hydrogen-bond acceptors (Lipinski definition) is 6. The molecule has 2 rings (SSSR count). The fraction of sp³-hybridized carbons (Fsp3) is 0.421. The van der Waals surface area contributed by atoms with Gasteiger partial charge >= 0.3 is 164 Å². The molecule has 0 spiro atoms. The van der Waals surface area contributed by atoms with Gasteiger partial charge in [0, 0.05) is 0 Å². The van der Waals surface area contributed by atoms with Gasteiger partial charge in [0.15, 0.2) is 0 Å².